The third-order valence-electron chi connectivity index (χ3n) is 3.98. The van der Waals surface area contributed by atoms with E-state index in [0.29, 0.717) is 16.7 Å². The molecule has 0 bridgehead atoms. The van der Waals surface area contributed by atoms with Crippen LogP contribution in [0.15, 0.2) is 40.8 Å². The fourth-order valence-electron chi connectivity index (χ4n) is 2.89. The second-order valence-electron chi connectivity index (χ2n) is 5.56. The van der Waals surface area contributed by atoms with Crippen LogP contribution in [-0.2, 0) is 11.8 Å². The Balaban J connectivity index is 2.22. The summed E-state index contributed by atoms with van der Waals surface area (Å²) in [6.07, 6.45) is 1.63. The largest absolute Gasteiger partial charge is 0.312 e. The lowest BCUT2D eigenvalue weighted by atomic mass is 9.86. The average molecular weight is 380 g/mol. The van der Waals surface area contributed by atoms with Gasteiger partial charge in [-0.05, 0) is 12.1 Å². The van der Waals surface area contributed by atoms with Crippen LogP contribution >= 0.6 is 23.4 Å². The van der Waals surface area contributed by atoms with Gasteiger partial charge in [-0.1, -0.05) is 35.5 Å². The lowest BCUT2D eigenvalue weighted by Gasteiger charge is -2.28. The van der Waals surface area contributed by atoms with E-state index in [2.05, 4.69) is 16.9 Å². The molecular formula is C17H15ClFN3O2S. The molecule has 0 saturated heterocycles. The number of nitrogens with zero attached hydrogens (tertiary/aromatic N) is 2. The van der Waals surface area contributed by atoms with Crippen LogP contribution in [0.2, 0.25) is 5.02 Å². The van der Waals surface area contributed by atoms with E-state index in [1.165, 1.54) is 23.9 Å². The molecule has 0 saturated carbocycles. The number of nitrogens with one attached hydrogen (secondary N) is 1. The van der Waals surface area contributed by atoms with Gasteiger partial charge in [-0.2, -0.15) is 4.98 Å². The lowest BCUT2D eigenvalue weighted by molar-refractivity contribution is -0.116. The number of halogens is 2. The molecule has 25 heavy (non-hydrogen) atoms. The highest BCUT2D eigenvalue weighted by Gasteiger charge is 2.34. The van der Waals surface area contributed by atoms with E-state index in [-0.39, 0.29) is 28.5 Å². The Labute approximate surface area is 152 Å². The molecule has 0 radical (unpaired) electrons. The van der Waals surface area contributed by atoms with Crippen LogP contribution < -0.4 is 10.9 Å². The predicted octanol–water partition coefficient (Wildman–Crippen LogP) is 3.33. The highest BCUT2D eigenvalue weighted by atomic mass is 35.5. The number of hydrogen-bond donors (Lipinski definition) is 1. The number of carbonyl (C=O) groups is 1. The second kappa shape index (κ2) is 7.01. The number of thioether (sulfide) groups is 1. The summed E-state index contributed by atoms with van der Waals surface area (Å²) in [6, 6.07) is 4.29. The molecule has 2 aromatic rings. The van der Waals surface area contributed by atoms with Gasteiger partial charge in [-0.25, -0.2) is 4.39 Å². The molecule has 0 spiro atoms. The van der Waals surface area contributed by atoms with Crippen molar-refractivity contribution >= 4 is 35.1 Å². The minimum absolute atomic E-state index is 0.0658. The predicted molar refractivity (Wildman–Crippen MR) is 96.9 cm³/mol. The molecule has 1 amide bonds. The molecule has 1 aliphatic heterocycles. The molecule has 1 aromatic heterocycles. The molecule has 1 N–H and O–H groups in total. The van der Waals surface area contributed by atoms with Crippen molar-refractivity contribution in [1.82, 2.24) is 9.55 Å². The van der Waals surface area contributed by atoms with Crippen LogP contribution in [0.5, 0.6) is 0 Å². The van der Waals surface area contributed by atoms with Gasteiger partial charge in [0.25, 0.3) is 5.56 Å². The molecular weight excluding hydrogens is 365 g/mol. The van der Waals surface area contributed by atoms with E-state index in [1.54, 1.807) is 23.8 Å². The van der Waals surface area contributed by atoms with E-state index >= 15 is 0 Å². The maximum atomic E-state index is 14.4. The molecule has 8 heteroatoms. The molecule has 1 atom stereocenters. The van der Waals surface area contributed by atoms with E-state index in [1.807, 2.05) is 0 Å². The normalized spacial score (nSPS) is 16.3. The monoisotopic (exact) mass is 379 g/mol. The number of anilines is 1. The molecule has 0 aliphatic carbocycles. The van der Waals surface area contributed by atoms with Gasteiger partial charge in [0.2, 0.25) is 5.91 Å². The van der Waals surface area contributed by atoms with Crippen molar-refractivity contribution in [2.45, 2.75) is 17.5 Å². The Morgan fingerprint density at radius 3 is 2.92 bits per heavy atom. The second-order valence-corrected chi connectivity index (χ2v) is 6.96. The Kier molecular flexibility index (Phi) is 4.96. The highest BCUT2D eigenvalue weighted by Crippen LogP contribution is 2.39. The van der Waals surface area contributed by atoms with Crippen LogP contribution in [0.1, 0.15) is 23.5 Å². The summed E-state index contributed by atoms with van der Waals surface area (Å²) in [7, 11) is 1.70. The number of benzene rings is 1. The van der Waals surface area contributed by atoms with E-state index in [0.717, 1.165) is 0 Å². The Morgan fingerprint density at radius 2 is 2.24 bits per heavy atom. The van der Waals surface area contributed by atoms with Crippen molar-refractivity contribution in [3.8, 4) is 0 Å². The van der Waals surface area contributed by atoms with Gasteiger partial charge in [-0.3, -0.25) is 9.59 Å². The quantitative estimate of drug-likeness (QED) is 0.503. The van der Waals surface area contributed by atoms with Gasteiger partial charge in [0.1, 0.15) is 11.6 Å². The summed E-state index contributed by atoms with van der Waals surface area (Å²) < 4.78 is 16.0. The number of fused-ring (bicyclic) bond motifs is 1. The molecule has 2 heterocycles. The topological polar surface area (TPSA) is 64.0 Å². The van der Waals surface area contributed by atoms with Crippen molar-refractivity contribution in [2.24, 2.45) is 7.05 Å². The maximum absolute atomic E-state index is 14.4. The maximum Gasteiger partial charge on any atom is 0.279 e. The summed E-state index contributed by atoms with van der Waals surface area (Å²) in [5.41, 5.74) is -0.105. The van der Waals surface area contributed by atoms with Crippen molar-refractivity contribution < 1.29 is 9.18 Å². The summed E-state index contributed by atoms with van der Waals surface area (Å²) in [4.78, 5) is 28.9. The van der Waals surface area contributed by atoms with Crippen LogP contribution in [0.25, 0.3) is 0 Å². The molecule has 1 aromatic carbocycles. The van der Waals surface area contributed by atoms with Crippen LogP contribution in [-0.4, -0.2) is 21.2 Å². The van der Waals surface area contributed by atoms with Crippen molar-refractivity contribution in [2.75, 3.05) is 11.1 Å². The van der Waals surface area contributed by atoms with Crippen LogP contribution in [0.3, 0.4) is 0 Å². The third kappa shape index (κ3) is 3.21. The van der Waals surface area contributed by atoms with Crippen LogP contribution in [0.4, 0.5) is 10.2 Å². The zero-order valence-corrected chi connectivity index (χ0v) is 15.0. The molecule has 0 fully saturated rings. The van der Waals surface area contributed by atoms with E-state index < -0.39 is 17.3 Å². The minimum Gasteiger partial charge on any atom is -0.312 e. The smallest absolute Gasteiger partial charge is 0.279 e. The molecule has 1 aliphatic rings. The number of aromatic nitrogens is 2. The van der Waals surface area contributed by atoms with E-state index in [4.69, 9.17) is 11.6 Å². The fraction of sp³-hybridized carbons (Fsp3) is 0.235. The first-order valence-corrected chi connectivity index (χ1v) is 8.88. The standard InChI is InChI=1S/C17H15ClFN3O2S/c1-3-7-25-17-21-16(24)14-9(8-12(23)20-15(14)22(17)2)13-10(18)5-4-6-11(13)19/h3-6,9H,1,7-8H2,2H3,(H,20,23). The lowest BCUT2D eigenvalue weighted by Crippen LogP contribution is -2.34. The Hall–Kier alpha value is -2.12. The SMILES string of the molecule is C=CCSc1nc(=O)c2c(n1C)NC(=O)CC2c1c(F)cccc1Cl. The fourth-order valence-corrected chi connectivity index (χ4v) is 3.88. The van der Waals surface area contributed by atoms with Gasteiger partial charge < -0.3 is 9.88 Å². The number of rotatable bonds is 4. The number of hydrogen-bond acceptors (Lipinski definition) is 4. The molecule has 130 valence electrons. The zero-order valence-electron chi connectivity index (χ0n) is 13.4. The molecule has 3 rings (SSSR count). The van der Waals surface area contributed by atoms with Gasteiger partial charge in [0, 0.05) is 35.7 Å². The summed E-state index contributed by atoms with van der Waals surface area (Å²) >= 11 is 7.47. The minimum atomic E-state index is -0.776. The van der Waals surface area contributed by atoms with Crippen LogP contribution in [0, 0.1) is 5.82 Å². The molecule has 1 unspecified atom stereocenters. The van der Waals surface area contributed by atoms with Crippen molar-refractivity contribution in [1.29, 1.82) is 0 Å². The average Bonchev–Trinajstić information content (AvgIpc) is 2.56. The summed E-state index contributed by atoms with van der Waals surface area (Å²) in [6.45, 7) is 3.64. The van der Waals surface area contributed by atoms with E-state index in [9.17, 15) is 14.0 Å². The Morgan fingerprint density at radius 1 is 1.48 bits per heavy atom. The zero-order chi connectivity index (χ0) is 18.1. The van der Waals surface area contributed by atoms with Gasteiger partial charge in [-0.15, -0.1) is 6.58 Å². The number of amides is 1. The highest BCUT2D eigenvalue weighted by molar-refractivity contribution is 7.99. The summed E-state index contributed by atoms with van der Waals surface area (Å²) in [5, 5.41) is 3.33. The Bertz CT molecular complexity index is 909. The summed E-state index contributed by atoms with van der Waals surface area (Å²) in [5.74, 6) is -0.743. The van der Waals surface area contributed by atoms with Crippen molar-refractivity contribution in [3.63, 3.8) is 0 Å². The third-order valence-corrected chi connectivity index (χ3v) is 5.33. The first kappa shape index (κ1) is 17.7. The van der Waals surface area contributed by atoms with Gasteiger partial charge in [0.15, 0.2) is 5.16 Å². The number of carbonyl (C=O) groups excluding carboxylic acids is 1. The first-order valence-electron chi connectivity index (χ1n) is 7.52. The van der Waals surface area contributed by atoms with Crippen molar-refractivity contribution in [3.05, 3.63) is 63.2 Å². The first-order chi connectivity index (χ1) is 11.9. The van der Waals surface area contributed by atoms with Gasteiger partial charge in [0.05, 0.1) is 5.56 Å². The van der Waals surface area contributed by atoms with Gasteiger partial charge >= 0.3 is 0 Å². The molecule has 5 nitrogen and oxygen atoms in total.